The molecule has 76 valence electrons. The van der Waals surface area contributed by atoms with E-state index >= 15 is 0 Å². The second-order valence-corrected chi connectivity index (χ2v) is 3.79. The van der Waals surface area contributed by atoms with Crippen LogP contribution in [0.5, 0.6) is 6.01 Å². The standard InChI is InChI=1S/C9H12ClN3O/c10-8-4-12-9(13-5-8)14-6-7-1-2-11-3-7/h4-5,7,11H,1-3,6H2/t7-/m0/s1. The van der Waals surface area contributed by atoms with Crippen LogP contribution < -0.4 is 10.1 Å². The molecule has 2 rings (SSSR count). The third kappa shape index (κ3) is 2.56. The van der Waals surface area contributed by atoms with Crippen molar-refractivity contribution < 1.29 is 4.74 Å². The molecular weight excluding hydrogens is 202 g/mol. The maximum absolute atomic E-state index is 5.65. The maximum atomic E-state index is 5.65. The van der Waals surface area contributed by atoms with E-state index in [4.69, 9.17) is 16.3 Å². The summed E-state index contributed by atoms with van der Waals surface area (Å²) in [5, 5.41) is 3.80. The van der Waals surface area contributed by atoms with Crippen molar-refractivity contribution in [3.05, 3.63) is 17.4 Å². The quantitative estimate of drug-likeness (QED) is 0.818. The van der Waals surface area contributed by atoms with E-state index in [-0.39, 0.29) is 0 Å². The molecule has 1 aromatic heterocycles. The van der Waals surface area contributed by atoms with E-state index in [0.717, 1.165) is 19.5 Å². The molecule has 2 heterocycles. The summed E-state index contributed by atoms with van der Waals surface area (Å²) in [6, 6.07) is 0.404. The summed E-state index contributed by atoms with van der Waals surface area (Å²) in [4.78, 5) is 7.91. The van der Waals surface area contributed by atoms with Gasteiger partial charge in [-0.25, -0.2) is 9.97 Å². The summed E-state index contributed by atoms with van der Waals surface area (Å²) in [5.41, 5.74) is 0. The molecule has 1 atom stereocenters. The Hall–Kier alpha value is -0.870. The Kier molecular flexibility index (Phi) is 3.16. The number of nitrogens with one attached hydrogen (secondary N) is 1. The summed E-state index contributed by atoms with van der Waals surface area (Å²) in [6.45, 7) is 2.78. The van der Waals surface area contributed by atoms with Crippen molar-refractivity contribution >= 4 is 11.6 Å². The van der Waals surface area contributed by atoms with Crippen LogP contribution in [0.1, 0.15) is 6.42 Å². The molecular formula is C9H12ClN3O. The minimum absolute atomic E-state index is 0.404. The molecule has 5 heteroatoms. The van der Waals surface area contributed by atoms with Gasteiger partial charge in [-0.3, -0.25) is 0 Å². The Morgan fingerprint density at radius 1 is 1.50 bits per heavy atom. The van der Waals surface area contributed by atoms with Crippen molar-refractivity contribution in [1.29, 1.82) is 0 Å². The van der Waals surface area contributed by atoms with Gasteiger partial charge in [-0.05, 0) is 13.0 Å². The number of halogens is 1. The van der Waals surface area contributed by atoms with Crippen molar-refractivity contribution in [2.45, 2.75) is 6.42 Å². The Bertz CT molecular complexity index is 285. The lowest BCUT2D eigenvalue weighted by atomic mass is 10.1. The van der Waals surface area contributed by atoms with Gasteiger partial charge in [0.2, 0.25) is 0 Å². The van der Waals surface area contributed by atoms with E-state index < -0.39 is 0 Å². The molecule has 1 fully saturated rings. The van der Waals surface area contributed by atoms with Gasteiger partial charge in [0.25, 0.3) is 0 Å². The van der Waals surface area contributed by atoms with E-state index in [1.165, 1.54) is 12.4 Å². The largest absolute Gasteiger partial charge is 0.463 e. The molecule has 0 bridgehead atoms. The van der Waals surface area contributed by atoms with Gasteiger partial charge in [0.1, 0.15) is 0 Å². The molecule has 0 radical (unpaired) electrons. The fourth-order valence-corrected chi connectivity index (χ4v) is 1.52. The van der Waals surface area contributed by atoms with Gasteiger partial charge in [-0.2, -0.15) is 0 Å². The third-order valence-electron chi connectivity index (χ3n) is 2.21. The van der Waals surface area contributed by atoms with Gasteiger partial charge in [-0.15, -0.1) is 0 Å². The van der Waals surface area contributed by atoms with Crippen molar-refractivity contribution in [3.8, 4) is 6.01 Å². The lowest BCUT2D eigenvalue weighted by molar-refractivity contribution is 0.241. The van der Waals surface area contributed by atoms with E-state index in [0.29, 0.717) is 23.6 Å². The number of rotatable bonds is 3. The highest BCUT2D eigenvalue weighted by atomic mass is 35.5. The van der Waals surface area contributed by atoms with Crippen LogP contribution in [0, 0.1) is 5.92 Å². The fourth-order valence-electron chi connectivity index (χ4n) is 1.42. The highest BCUT2D eigenvalue weighted by molar-refractivity contribution is 6.30. The van der Waals surface area contributed by atoms with Crippen molar-refractivity contribution in [2.75, 3.05) is 19.7 Å². The smallest absolute Gasteiger partial charge is 0.316 e. The minimum Gasteiger partial charge on any atom is -0.463 e. The van der Waals surface area contributed by atoms with Gasteiger partial charge < -0.3 is 10.1 Å². The van der Waals surface area contributed by atoms with Gasteiger partial charge in [0.15, 0.2) is 0 Å². The first-order chi connectivity index (χ1) is 6.84. The van der Waals surface area contributed by atoms with Crippen LogP contribution in [0.15, 0.2) is 12.4 Å². The lowest BCUT2D eigenvalue weighted by Gasteiger charge is -2.08. The normalized spacial score (nSPS) is 21.1. The third-order valence-corrected chi connectivity index (χ3v) is 2.40. The van der Waals surface area contributed by atoms with Gasteiger partial charge >= 0.3 is 6.01 Å². The molecule has 1 aliphatic rings. The molecule has 1 aromatic rings. The van der Waals surface area contributed by atoms with Crippen molar-refractivity contribution in [3.63, 3.8) is 0 Å². The first-order valence-electron chi connectivity index (χ1n) is 4.65. The highest BCUT2D eigenvalue weighted by Gasteiger charge is 2.15. The molecule has 1 aliphatic heterocycles. The molecule has 1 N–H and O–H groups in total. The molecule has 0 unspecified atom stereocenters. The summed E-state index contributed by atoms with van der Waals surface area (Å²) in [7, 11) is 0. The number of aromatic nitrogens is 2. The van der Waals surface area contributed by atoms with Gasteiger partial charge in [-0.1, -0.05) is 11.6 Å². The second kappa shape index (κ2) is 4.57. The zero-order valence-electron chi connectivity index (χ0n) is 7.74. The van der Waals surface area contributed by atoms with Crippen molar-refractivity contribution in [1.82, 2.24) is 15.3 Å². The Morgan fingerprint density at radius 3 is 2.93 bits per heavy atom. The molecule has 0 saturated carbocycles. The summed E-state index contributed by atoms with van der Waals surface area (Å²) < 4.78 is 5.42. The zero-order valence-corrected chi connectivity index (χ0v) is 8.50. The van der Waals surface area contributed by atoms with E-state index in [2.05, 4.69) is 15.3 Å². The number of hydrogen-bond acceptors (Lipinski definition) is 4. The molecule has 0 aromatic carbocycles. The van der Waals surface area contributed by atoms with Crippen molar-refractivity contribution in [2.24, 2.45) is 5.92 Å². The summed E-state index contributed by atoms with van der Waals surface area (Å²) in [5.74, 6) is 0.578. The fraction of sp³-hybridized carbons (Fsp3) is 0.556. The van der Waals surface area contributed by atoms with Gasteiger partial charge in [0, 0.05) is 12.5 Å². The predicted molar refractivity (Wildman–Crippen MR) is 53.5 cm³/mol. The minimum atomic E-state index is 0.404. The predicted octanol–water partition coefficient (Wildman–Crippen LogP) is 1.12. The first-order valence-corrected chi connectivity index (χ1v) is 5.03. The lowest BCUT2D eigenvalue weighted by Crippen LogP contribution is -2.16. The number of ether oxygens (including phenoxy) is 1. The number of nitrogens with zero attached hydrogens (tertiary/aromatic N) is 2. The second-order valence-electron chi connectivity index (χ2n) is 3.35. The summed E-state index contributed by atoms with van der Waals surface area (Å²) >= 11 is 5.65. The Balaban J connectivity index is 1.82. The van der Waals surface area contributed by atoms with E-state index in [1.54, 1.807) is 0 Å². The average molecular weight is 214 g/mol. The first kappa shape index (κ1) is 9.68. The van der Waals surface area contributed by atoms with Crippen LogP contribution in [0.25, 0.3) is 0 Å². The van der Waals surface area contributed by atoms with Crippen LogP contribution in [-0.2, 0) is 0 Å². The molecule has 0 spiro atoms. The molecule has 4 nitrogen and oxygen atoms in total. The van der Waals surface area contributed by atoms with Crippen LogP contribution in [-0.4, -0.2) is 29.7 Å². The molecule has 0 amide bonds. The maximum Gasteiger partial charge on any atom is 0.316 e. The van der Waals surface area contributed by atoms with E-state index in [9.17, 15) is 0 Å². The highest BCUT2D eigenvalue weighted by Crippen LogP contribution is 2.11. The monoisotopic (exact) mass is 213 g/mol. The number of hydrogen-bond donors (Lipinski definition) is 1. The Morgan fingerprint density at radius 2 is 2.29 bits per heavy atom. The van der Waals surface area contributed by atoms with Crippen LogP contribution in [0.3, 0.4) is 0 Å². The van der Waals surface area contributed by atoms with Crippen LogP contribution in [0.2, 0.25) is 5.02 Å². The van der Waals surface area contributed by atoms with Gasteiger partial charge in [0.05, 0.1) is 24.0 Å². The average Bonchev–Trinajstić information content (AvgIpc) is 2.70. The summed E-state index contributed by atoms with van der Waals surface area (Å²) in [6.07, 6.45) is 4.24. The SMILES string of the molecule is Clc1cnc(OC[C@H]2CCNC2)nc1. The Labute approximate surface area is 87.7 Å². The topological polar surface area (TPSA) is 47.0 Å². The van der Waals surface area contributed by atoms with Crippen LogP contribution in [0.4, 0.5) is 0 Å². The zero-order chi connectivity index (χ0) is 9.80. The molecule has 14 heavy (non-hydrogen) atoms. The molecule has 1 saturated heterocycles. The van der Waals surface area contributed by atoms with E-state index in [1.807, 2.05) is 0 Å². The molecule has 0 aliphatic carbocycles. The van der Waals surface area contributed by atoms with Crippen LogP contribution >= 0.6 is 11.6 Å².